The fourth-order valence-electron chi connectivity index (χ4n) is 2.41. The highest BCUT2D eigenvalue weighted by Crippen LogP contribution is 2.31. The topological polar surface area (TPSA) is 61.2 Å². The minimum Gasteiger partial charge on any atom is -0.211 e. The van der Waals surface area contributed by atoms with Crippen LogP contribution in [-0.2, 0) is 10.0 Å². The van der Waals surface area contributed by atoms with Gasteiger partial charge in [-0.3, -0.25) is 0 Å². The Kier molecular flexibility index (Phi) is 4.34. The summed E-state index contributed by atoms with van der Waals surface area (Å²) < 4.78 is 26.1. The molecule has 92 valence electrons. The molecular weight excluding hydrogens is 224 g/mol. The van der Waals surface area contributed by atoms with Crippen molar-refractivity contribution < 1.29 is 8.42 Å². The van der Waals surface area contributed by atoms with Crippen molar-refractivity contribution in [1.29, 1.82) is 5.26 Å². The Morgan fingerprint density at radius 3 is 2.50 bits per heavy atom. The van der Waals surface area contributed by atoms with Crippen molar-refractivity contribution in [2.75, 3.05) is 0 Å². The van der Waals surface area contributed by atoms with E-state index in [1.54, 1.807) is 11.2 Å². The summed E-state index contributed by atoms with van der Waals surface area (Å²) in [4.78, 5) is 0. The number of rotatable bonds is 4. The van der Waals surface area contributed by atoms with Crippen molar-refractivity contribution in [3.63, 3.8) is 0 Å². The van der Waals surface area contributed by atoms with Crippen molar-refractivity contribution in [3.05, 3.63) is 0 Å². The molecule has 1 aliphatic rings. The number of hydrogen-bond acceptors (Lipinski definition) is 3. The molecule has 0 aromatic rings. The van der Waals surface area contributed by atoms with Gasteiger partial charge in [-0.2, -0.15) is 9.57 Å². The molecule has 16 heavy (non-hydrogen) atoms. The molecule has 3 atom stereocenters. The summed E-state index contributed by atoms with van der Waals surface area (Å²) in [6, 6.07) is 2.03. The van der Waals surface area contributed by atoms with Gasteiger partial charge in [0.1, 0.15) is 0 Å². The van der Waals surface area contributed by atoms with Crippen molar-refractivity contribution in [2.24, 2.45) is 0 Å². The lowest BCUT2D eigenvalue weighted by atomic mass is 10.2. The minimum atomic E-state index is -3.44. The zero-order valence-corrected chi connectivity index (χ0v) is 11.0. The first-order valence-electron chi connectivity index (χ1n) is 5.90. The molecule has 0 N–H and O–H groups in total. The van der Waals surface area contributed by atoms with Gasteiger partial charge in [-0.15, -0.1) is 0 Å². The molecule has 1 rings (SSSR count). The Morgan fingerprint density at radius 2 is 2.06 bits per heavy atom. The Labute approximate surface area is 98.3 Å². The summed E-state index contributed by atoms with van der Waals surface area (Å²) in [5.74, 6) is 0. The van der Waals surface area contributed by atoms with Crippen LogP contribution in [0.15, 0.2) is 0 Å². The first kappa shape index (κ1) is 13.5. The molecule has 1 fully saturated rings. The monoisotopic (exact) mass is 244 g/mol. The first-order valence-corrected chi connectivity index (χ1v) is 7.41. The SMILES string of the molecule is CCC1CCC(C)N1S(=O)(=O)C(C#N)CC. The Hall–Kier alpha value is -0.600. The lowest BCUT2D eigenvalue weighted by Gasteiger charge is -2.28. The average molecular weight is 244 g/mol. The van der Waals surface area contributed by atoms with Crippen molar-refractivity contribution in [2.45, 2.75) is 63.8 Å². The van der Waals surface area contributed by atoms with E-state index < -0.39 is 15.3 Å². The van der Waals surface area contributed by atoms with Gasteiger partial charge < -0.3 is 0 Å². The van der Waals surface area contributed by atoms with E-state index in [0.29, 0.717) is 6.42 Å². The largest absolute Gasteiger partial charge is 0.230 e. The second-order valence-corrected chi connectivity index (χ2v) is 6.41. The van der Waals surface area contributed by atoms with E-state index in [-0.39, 0.29) is 12.1 Å². The summed E-state index contributed by atoms with van der Waals surface area (Å²) in [6.07, 6.45) is 3.00. The van der Waals surface area contributed by atoms with Crippen LogP contribution in [0.2, 0.25) is 0 Å². The van der Waals surface area contributed by atoms with Crippen LogP contribution in [-0.4, -0.2) is 30.1 Å². The van der Waals surface area contributed by atoms with Crippen LogP contribution in [0.25, 0.3) is 0 Å². The molecule has 0 spiro atoms. The van der Waals surface area contributed by atoms with Crippen LogP contribution in [0.5, 0.6) is 0 Å². The Morgan fingerprint density at radius 1 is 1.44 bits per heavy atom. The summed E-state index contributed by atoms with van der Waals surface area (Å²) >= 11 is 0. The highest BCUT2D eigenvalue weighted by molar-refractivity contribution is 7.90. The van der Waals surface area contributed by atoms with E-state index in [1.807, 2.05) is 19.9 Å². The highest BCUT2D eigenvalue weighted by Gasteiger charge is 2.41. The van der Waals surface area contributed by atoms with Gasteiger partial charge in [0.25, 0.3) is 0 Å². The van der Waals surface area contributed by atoms with Gasteiger partial charge in [-0.25, -0.2) is 8.42 Å². The molecule has 5 heteroatoms. The summed E-state index contributed by atoms with van der Waals surface area (Å²) in [5, 5.41) is 8.02. The third-order valence-electron chi connectivity index (χ3n) is 3.35. The maximum atomic E-state index is 12.3. The Balaban J connectivity index is 3.02. The summed E-state index contributed by atoms with van der Waals surface area (Å²) in [6.45, 7) is 5.67. The molecule has 1 saturated heterocycles. The normalized spacial score (nSPS) is 28.9. The van der Waals surface area contributed by atoms with Gasteiger partial charge >= 0.3 is 0 Å². The number of sulfonamides is 1. The number of nitrogens with zero attached hydrogens (tertiary/aromatic N) is 2. The second-order valence-electron chi connectivity index (χ2n) is 4.39. The van der Waals surface area contributed by atoms with E-state index in [9.17, 15) is 8.42 Å². The van der Waals surface area contributed by atoms with Crippen LogP contribution < -0.4 is 0 Å². The minimum absolute atomic E-state index is 0.0392. The van der Waals surface area contributed by atoms with Gasteiger partial charge in [0.15, 0.2) is 5.25 Å². The Bertz CT molecular complexity index is 372. The molecule has 0 amide bonds. The fraction of sp³-hybridized carbons (Fsp3) is 0.909. The van der Waals surface area contributed by atoms with Crippen LogP contribution >= 0.6 is 0 Å². The van der Waals surface area contributed by atoms with Crippen LogP contribution in [0, 0.1) is 11.3 Å². The molecule has 0 aliphatic carbocycles. The van der Waals surface area contributed by atoms with Crippen molar-refractivity contribution in [3.8, 4) is 6.07 Å². The predicted octanol–water partition coefficient (Wildman–Crippen LogP) is 1.88. The fourth-order valence-corrected chi connectivity index (χ4v) is 4.53. The standard InChI is InChI=1S/C11H20N2O2S/c1-4-10-7-6-9(3)13(10)16(14,15)11(5-2)8-12/h9-11H,4-7H2,1-3H3. The van der Waals surface area contributed by atoms with E-state index in [1.165, 1.54) is 0 Å². The van der Waals surface area contributed by atoms with E-state index in [0.717, 1.165) is 19.3 Å². The summed E-state index contributed by atoms with van der Waals surface area (Å²) in [7, 11) is -3.44. The average Bonchev–Trinajstić information content (AvgIpc) is 2.61. The lowest BCUT2D eigenvalue weighted by Crippen LogP contribution is -2.44. The van der Waals surface area contributed by atoms with Crippen LogP contribution in [0.1, 0.15) is 46.5 Å². The quantitative estimate of drug-likeness (QED) is 0.758. The zero-order valence-electron chi connectivity index (χ0n) is 10.2. The zero-order chi connectivity index (χ0) is 12.3. The molecule has 1 aliphatic heterocycles. The van der Waals surface area contributed by atoms with Crippen molar-refractivity contribution >= 4 is 10.0 Å². The van der Waals surface area contributed by atoms with Gasteiger partial charge in [0.2, 0.25) is 10.0 Å². The number of hydrogen-bond donors (Lipinski definition) is 0. The molecule has 0 radical (unpaired) electrons. The van der Waals surface area contributed by atoms with Crippen molar-refractivity contribution in [1.82, 2.24) is 4.31 Å². The number of nitriles is 1. The van der Waals surface area contributed by atoms with Gasteiger partial charge in [0, 0.05) is 12.1 Å². The van der Waals surface area contributed by atoms with E-state index in [2.05, 4.69) is 0 Å². The maximum Gasteiger partial charge on any atom is 0.230 e. The van der Waals surface area contributed by atoms with E-state index >= 15 is 0 Å². The predicted molar refractivity (Wildman–Crippen MR) is 63.2 cm³/mol. The third kappa shape index (κ3) is 2.23. The van der Waals surface area contributed by atoms with Crippen LogP contribution in [0.3, 0.4) is 0 Å². The van der Waals surface area contributed by atoms with E-state index in [4.69, 9.17) is 5.26 Å². The van der Waals surface area contributed by atoms with Gasteiger partial charge in [0.05, 0.1) is 6.07 Å². The summed E-state index contributed by atoms with van der Waals surface area (Å²) in [5.41, 5.74) is 0. The maximum absolute atomic E-state index is 12.3. The molecular formula is C11H20N2O2S. The molecule has 3 unspecified atom stereocenters. The molecule has 0 aromatic carbocycles. The van der Waals surface area contributed by atoms with Gasteiger partial charge in [-0.05, 0) is 32.6 Å². The molecule has 0 saturated carbocycles. The lowest BCUT2D eigenvalue weighted by molar-refractivity contribution is 0.326. The van der Waals surface area contributed by atoms with Gasteiger partial charge in [-0.1, -0.05) is 13.8 Å². The smallest absolute Gasteiger partial charge is 0.211 e. The molecule has 0 bridgehead atoms. The second kappa shape index (κ2) is 5.15. The molecule has 4 nitrogen and oxygen atoms in total. The first-order chi connectivity index (χ1) is 7.48. The highest BCUT2D eigenvalue weighted by atomic mass is 32.2. The molecule has 0 aromatic heterocycles. The molecule has 1 heterocycles. The van der Waals surface area contributed by atoms with Crippen LogP contribution in [0.4, 0.5) is 0 Å². The third-order valence-corrected chi connectivity index (χ3v) is 5.75.